The summed E-state index contributed by atoms with van der Waals surface area (Å²) in [6, 6.07) is 0.385. The normalized spacial score (nSPS) is 25.2. The highest BCUT2D eigenvalue weighted by Gasteiger charge is 2.18. The van der Waals surface area contributed by atoms with Gasteiger partial charge >= 0.3 is 0 Å². The minimum atomic E-state index is 0.0953. The van der Waals surface area contributed by atoms with Crippen molar-refractivity contribution in [3.05, 3.63) is 0 Å². The molecule has 0 aliphatic carbocycles. The summed E-state index contributed by atoms with van der Waals surface area (Å²) >= 11 is 0. The standard InChI is InChI=1S/C8H18N4/c1-2-12-5-3-4-7(6-12)11-8(9)10/h7H,2-6H2,1H3,(H4,9,10,11)/t7-/m1/s1. The summed E-state index contributed by atoms with van der Waals surface area (Å²) in [5.41, 5.74) is 5.26. The summed E-state index contributed by atoms with van der Waals surface area (Å²) in [5.74, 6) is 0.0953. The molecule has 4 N–H and O–H groups in total. The van der Waals surface area contributed by atoms with Gasteiger partial charge in [0, 0.05) is 12.6 Å². The Labute approximate surface area is 73.6 Å². The predicted molar refractivity (Wildman–Crippen MR) is 50.2 cm³/mol. The maximum Gasteiger partial charge on any atom is 0.185 e. The maximum atomic E-state index is 7.10. The van der Waals surface area contributed by atoms with Crippen molar-refractivity contribution >= 4 is 5.96 Å². The van der Waals surface area contributed by atoms with Crippen molar-refractivity contribution in [1.82, 2.24) is 10.2 Å². The zero-order valence-electron chi connectivity index (χ0n) is 7.64. The van der Waals surface area contributed by atoms with Crippen LogP contribution in [-0.4, -0.2) is 36.5 Å². The van der Waals surface area contributed by atoms with Gasteiger partial charge in [0.2, 0.25) is 0 Å². The second-order valence-corrected chi connectivity index (χ2v) is 3.29. The first kappa shape index (κ1) is 9.32. The first-order chi connectivity index (χ1) is 5.72. The van der Waals surface area contributed by atoms with Crippen LogP contribution in [0.2, 0.25) is 0 Å². The summed E-state index contributed by atoms with van der Waals surface area (Å²) in [7, 11) is 0. The molecule has 4 heteroatoms. The molecule has 1 aliphatic rings. The number of guanidine groups is 1. The van der Waals surface area contributed by atoms with Crippen molar-refractivity contribution in [3.63, 3.8) is 0 Å². The van der Waals surface area contributed by atoms with Crippen molar-refractivity contribution in [1.29, 1.82) is 5.41 Å². The van der Waals surface area contributed by atoms with Crippen molar-refractivity contribution in [2.75, 3.05) is 19.6 Å². The molecule has 0 saturated carbocycles. The Morgan fingerprint density at radius 2 is 2.50 bits per heavy atom. The molecule has 0 amide bonds. The van der Waals surface area contributed by atoms with E-state index in [4.69, 9.17) is 11.1 Å². The zero-order chi connectivity index (χ0) is 8.97. The number of piperidine rings is 1. The summed E-state index contributed by atoms with van der Waals surface area (Å²) in [4.78, 5) is 2.38. The van der Waals surface area contributed by atoms with Crippen LogP contribution in [0.3, 0.4) is 0 Å². The molecule has 0 aromatic carbocycles. The molecule has 1 heterocycles. The third kappa shape index (κ3) is 2.70. The molecule has 1 rings (SSSR count). The van der Waals surface area contributed by atoms with Crippen LogP contribution in [0.1, 0.15) is 19.8 Å². The largest absolute Gasteiger partial charge is 0.370 e. The first-order valence-corrected chi connectivity index (χ1v) is 4.55. The van der Waals surface area contributed by atoms with Crippen LogP contribution in [0.5, 0.6) is 0 Å². The van der Waals surface area contributed by atoms with E-state index < -0.39 is 0 Å². The third-order valence-electron chi connectivity index (χ3n) is 2.31. The summed E-state index contributed by atoms with van der Waals surface area (Å²) in [6.07, 6.45) is 2.34. The van der Waals surface area contributed by atoms with E-state index in [1.54, 1.807) is 0 Å². The van der Waals surface area contributed by atoms with Crippen LogP contribution in [0.15, 0.2) is 0 Å². The average molecular weight is 170 g/mol. The molecular formula is C8H18N4. The molecule has 0 unspecified atom stereocenters. The minimum Gasteiger partial charge on any atom is -0.370 e. The highest BCUT2D eigenvalue weighted by Crippen LogP contribution is 2.08. The maximum absolute atomic E-state index is 7.10. The van der Waals surface area contributed by atoms with Crippen molar-refractivity contribution < 1.29 is 0 Å². The van der Waals surface area contributed by atoms with Gasteiger partial charge in [-0.1, -0.05) is 6.92 Å². The molecule has 12 heavy (non-hydrogen) atoms. The highest BCUT2D eigenvalue weighted by molar-refractivity contribution is 5.74. The average Bonchev–Trinajstić information content (AvgIpc) is 2.03. The van der Waals surface area contributed by atoms with Crippen molar-refractivity contribution in [2.24, 2.45) is 5.73 Å². The number of nitrogens with two attached hydrogens (primary N) is 1. The molecule has 1 atom stereocenters. The Balaban J connectivity index is 2.30. The van der Waals surface area contributed by atoms with Crippen LogP contribution in [-0.2, 0) is 0 Å². The second kappa shape index (κ2) is 4.30. The number of likely N-dealkylation sites (N-methyl/N-ethyl adjacent to an activating group) is 1. The number of hydrogen-bond donors (Lipinski definition) is 3. The fraction of sp³-hybridized carbons (Fsp3) is 0.875. The van der Waals surface area contributed by atoms with Crippen LogP contribution >= 0.6 is 0 Å². The Morgan fingerprint density at radius 1 is 1.75 bits per heavy atom. The molecule has 0 spiro atoms. The van der Waals surface area contributed by atoms with Gasteiger partial charge in [-0.3, -0.25) is 5.41 Å². The minimum absolute atomic E-state index is 0.0953. The highest BCUT2D eigenvalue weighted by atomic mass is 15.2. The SMILES string of the molecule is CCN1CCC[C@@H](NC(=N)N)C1. The molecule has 0 aromatic rings. The Hall–Kier alpha value is -0.770. The lowest BCUT2D eigenvalue weighted by Crippen LogP contribution is -2.49. The van der Waals surface area contributed by atoms with Gasteiger partial charge in [-0.25, -0.2) is 0 Å². The smallest absolute Gasteiger partial charge is 0.185 e. The molecule has 0 radical (unpaired) electrons. The molecule has 0 bridgehead atoms. The van der Waals surface area contributed by atoms with Gasteiger partial charge in [0.05, 0.1) is 0 Å². The van der Waals surface area contributed by atoms with Crippen LogP contribution < -0.4 is 11.1 Å². The van der Waals surface area contributed by atoms with Crippen LogP contribution in [0.25, 0.3) is 0 Å². The van der Waals surface area contributed by atoms with Crippen LogP contribution in [0.4, 0.5) is 0 Å². The van der Waals surface area contributed by atoms with E-state index in [9.17, 15) is 0 Å². The lowest BCUT2D eigenvalue weighted by Gasteiger charge is -2.32. The van der Waals surface area contributed by atoms with Crippen molar-refractivity contribution in [3.8, 4) is 0 Å². The molecule has 4 nitrogen and oxygen atoms in total. The molecular weight excluding hydrogens is 152 g/mol. The fourth-order valence-electron chi connectivity index (χ4n) is 1.68. The van der Waals surface area contributed by atoms with E-state index in [0.29, 0.717) is 6.04 Å². The molecule has 70 valence electrons. The van der Waals surface area contributed by atoms with Crippen LogP contribution in [0, 0.1) is 5.41 Å². The van der Waals surface area contributed by atoms with E-state index in [1.807, 2.05) is 0 Å². The van der Waals surface area contributed by atoms with E-state index in [-0.39, 0.29) is 5.96 Å². The number of nitrogens with zero attached hydrogens (tertiary/aromatic N) is 1. The summed E-state index contributed by atoms with van der Waals surface area (Å²) in [5, 5.41) is 10.1. The number of nitrogens with one attached hydrogen (secondary N) is 2. The number of rotatable bonds is 2. The topological polar surface area (TPSA) is 65.1 Å². The number of likely N-dealkylation sites (tertiary alicyclic amines) is 1. The zero-order valence-corrected chi connectivity index (χ0v) is 7.64. The van der Waals surface area contributed by atoms with E-state index in [0.717, 1.165) is 19.5 Å². The Kier molecular flexibility index (Phi) is 3.34. The summed E-state index contributed by atoms with van der Waals surface area (Å²) < 4.78 is 0. The van der Waals surface area contributed by atoms with Gasteiger partial charge in [-0.2, -0.15) is 0 Å². The third-order valence-corrected chi connectivity index (χ3v) is 2.31. The Bertz CT molecular complexity index is 157. The molecule has 1 fully saturated rings. The number of hydrogen-bond acceptors (Lipinski definition) is 2. The van der Waals surface area contributed by atoms with E-state index >= 15 is 0 Å². The first-order valence-electron chi connectivity index (χ1n) is 4.55. The predicted octanol–water partition coefficient (Wildman–Crippen LogP) is -0.0462. The molecule has 1 aliphatic heterocycles. The quantitative estimate of drug-likeness (QED) is 0.402. The Morgan fingerprint density at radius 3 is 3.08 bits per heavy atom. The second-order valence-electron chi connectivity index (χ2n) is 3.29. The van der Waals surface area contributed by atoms with E-state index in [2.05, 4.69) is 17.1 Å². The summed E-state index contributed by atoms with van der Waals surface area (Å²) in [6.45, 7) is 5.47. The lowest BCUT2D eigenvalue weighted by molar-refractivity contribution is 0.210. The van der Waals surface area contributed by atoms with Gasteiger partial charge in [0.15, 0.2) is 5.96 Å². The van der Waals surface area contributed by atoms with Gasteiger partial charge < -0.3 is 16.0 Å². The monoisotopic (exact) mass is 170 g/mol. The molecule has 0 aromatic heterocycles. The van der Waals surface area contributed by atoms with Gasteiger partial charge in [0.1, 0.15) is 0 Å². The van der Waals surface area contributed by atoms with Crippen molar-refractivity contribution in [2.45, 2.75) is 25.8 Å². The van der Waals surface area contributed by atoms with Gasteiger partial charge in [0.25, 0.3) is 0 Å². The fourth-order valence-corrected chi connectivity index (χ4v) is 1.68. The van der Waals surface area contributed by atoms with Gasteiger partial charge in [-0.05, 0) is 25.9 Å². The molecule has 1 saturated heterocycles. The van der Waals surface area contributed by atoms with E-state index in [1.165, 1.54) is 13.0 Å². The lowest BCUT2D eigenvalue weighted by atomic mass is 10.1. The van der Waals surface area contributed by atoms with Gasteiger partial charge in [-0.15, -0.1) is 0 Å².